The highest BCUT2D eigenvalue weighted by atomic mass is 16.1. The molecule has 3 unspecified atom stereocenters. The van der Waals surface area contributed by atoms with E-state index in [4.69, 9.17) is 0 Å². The smallest absolute Gasteiger partial charge is 0.251 e. The third-order valence-electron chi connectivity index (χ3n) is 4.44. The van der Waals surface area contributed by atoms with Gasteiger partial charge in [0.1, 0.15) is 0 Å². The normalized spacial score (nSPS) is 26.5. The van der Waals surface area contributed by atoms with Crippen LogP contribution in [0.25, 0.3) is 0 Å². The van der Waals surface area contributed by atoms with Crippen molar-refractivity contribution in [3.8, 4) is 0 Å². The first-order valence-corrected chi connectivity index (χ1v) is 7.35. The second kappa shape index (κ2) is 4.97. The van der Waals surface area contributed by atoms with Crippen molar-refractivity contribution in [3.05, 3.63) is 34.9 Å². The van der Waals surface area contributed by atoms with Crippen molar-refractivity contribution in [3.63, 3.8) is 0 Å². The minimum Gasteiger partial charge on any atom is -0.352 e. The van der Waals surface area contributed by atoms with Crippen molar-refractivity contribution < 1.29 is 4.79 Å². The predicted molar refractivity (Wildman–Crippen MR) is 76.2 cm³/mol. The van der Waals surface area contributed by atoms with E-state index < -0.39 is 0 Å². The molecule has 1 fully saturated rings. The molecule has 3 nitrogen and oxygen atoms in total. The molecule has 3 rings (SSSR count). The van der Waals surface area contributed by atoms with E-state index in [9.17, 15) is 4.79 Å². The Morgan fingerprint density at radius 3 is 2.95 bits per heavy atom. The molecule has 0 spiro atoms. The van der Waals surface area contributed by atoms with Crippen molar-refractivity contribution in [2.75, 3.05) is 13.1 Å². The molecule has 2 N–H and O–H groups in total. The van der Waals surface area contributed by atoms with E-state index >= 15 is 0 Å². The SMILES string of the molecule is CCNC(c1ccc2c(c1)C(=O)NCC2)C1CC1C. The van der Waals surface area contributed by atoms with Crippen molar-refractivity contribution in [1.29, 1.82) is 0 Å². The molecule has 3 atom stereocenters. The number of carbonyl (C=O) groups excluding carboxylic acids is 1. The summed E-state index contributed by atoms with van der Waals surface area (Å²) in [5, 5.41) is 6.51. The van der Waals surface area contributed by atoms with Crippen LogP contribution in [0.3, 0.4) is 0 Å². The van der Waals surface area contributed by atoms with Gasteiger partial charge in [0.15, 0.2) is 0 Å². The lowest BCUT2D eigenvalue weighted by Crippen LogP contribution is -2.32. The molecule has 0 radical (unpaired) electrons. The fraction of sp³-hybridized carbons (Fsp3) is 0.562. The summed E-state index contributed by atoms with van der Waals surface area (Å²) >= 11 is 0. The van der Waals surface area contributed by atoms with E-state index in [2.05, 4.69) is 42.7 Å². The van der Waals surface area contributed by atoms with Crippen LogP contribution < -0.4 is 10.6 Å². The second-order valence-electron chi connectivity index (χ2n) is 5.83. The fourth-order valence-electron chi connectivity index (χ4n) is 3.17. The average molecular weight is 258 g/mol. The number of benzene rings is 1. The van der Waals surface area contributed by atoms with Crippen molar-refractivity contribution in [2.45, 2.75) is 32.7 Å². The summed E-state index contributed by atoms with van der Waals surface area (Å²) < 4.78 is 0. The molecule has 102 valence electrons. The third kappa shape index (κ3) is 2.39. The number of hydrogen-bond donors (Lipinski definition) is 2. The van der Waals surface area contributed by atoms with Gasteiger partial charge in [0.2, 0.25) is 0 Å². The van der Waals surface area contributed by atoms with Gasteiger partial charge in [0.25, 0.3) is 5.91 Å². The maximum atomic E-state index is 11.9. The lowest BCUT2D eigenvalue weighted by atomic mass is 9.93. The monoisotopic (exact) mass is 258 g/mol. The molecular weight excluding hydrogens is 236 g/mol. The number of amides is 1. The topological polar surface area (TPSA) is 41.1 Å². The Balaban J connectivity index is 1.91. The molecule has 1 amide bonds. The zero-order chi connectivity index (χ0) is 13.4. The van der Waals surface area contributed by atoms with Gasteiger partial charge in [-0.2, -0.15) is 0 Å². The van der Waals surface area contributed by atoms with E-state index in [1.165, 1.54) is 17.5 Å². The van der Waals surface area contributed by atoms with Crippen molar-refractivity contribution in [1.82, 2.24) is 10.6 Å². The zero-order valence-corrected chi connectivity index (χ0v) is 11.7. The van der Waals surface area contributed by atoms with Gasteiger partial charge < -0.3 is 10.6 Å². The number of fused-ring (bicyclic) bond motifs is 1. The van der Waals surface area contributed by atoms with Crippen LogP contribution in [0, 0.1) is 11.8 Å². The summed E-state index contributed by atoms with van der Waals surface area (Å²) in [6.45, 7) is 6.18. The van der Waals surface area contributed by atoms with Crippen LogP contribution in [0.15, 0.2) is 18.2 Å². The summed E-state index contributed by atoms with van der Waals surface area (Å²) in [5.41, 5.74) is 3.33. The highest BCUT2D eigenvalue weighted by Gasteiger charge is 2.40. The highest BCUT2D eigenvalue weighted by molar-refractivity contribution is 5.96. The molecule has 19 heavy (non-hydrogen) atoms. The first kappa shape index (κ1) is 12.7. The summed E-state index contributed by atoms with van der Waals surface area (Å²) in [4.78, 5) is 11.9. The summed E-state index contributed by atoms with van der Waals surface area (Å²) in [6, 6.07) is 6.85. The van der Waals surface area contributed by atoms with Crippen LogP contribution in [0.4, 0.5) is 0 Å². The van der Waals surface area contributed by atoms with Crippen LogP contribution in [-0.4, -0.2) is 19.0 Å². The Morgan fingerprint density at radius 2 is 2.26 bits per heavy atom. The van der Waals surface area contributed by atoms with E-state index in [1.54, 1.807) is 0 Å². The standard InChI is InChI=1S/C16H22N2O/c1-3-17-15(13-8-10(13)2)12-5-4-11-6-7-18-16(19)14(11)9-12/h4-5,9-10,13,15,17H,3,6-8H2,1-2H3,(H,18,19). The van der Waals surface area contributed by atoms with Gasteiger partial charge in [-0.05, 0) is 48.4 Å². The minimum absolute atomic E-state index is 0.0854. The van der Waals surface area contributed by atoms with Crippen molar-refractivity contribution >= 4 is 5.91 Å². The van der Waals surface area contributed by atoms with Crippen molar-refractivity contribution in [2.24, 2.45) is 11.8 Å². The Bertz CT molecular complexity index is 498. The quantitative estimate of drug-likeness (QED) is 0.870. The van der Waals surface area contributed by atoms with E-state index in [0.717, 1.165) is 36.9 Å². The fourth-order valence-corrected chi connectivity index (χ4v) is 3.17. The lowest BCUT2D eigenvalue weighted by molar-refractivity contribution is 0.0946. The number of rotatable bonds is 4. The van der Waals surface area contributed by atoms with Gasteiger partial charge in [-0.25, -0.2) is 0 Å². The number of hydrogen-bond acceptors (Lipinski definition) is 2. The van der Waals surface area contributed by atoms with Gasteiger partial charge in [-0.3, -0.25) is 4.79 Å². The van der Waals surface area contributed by atoms with Gasteiger partial charge in [-0.1, -0.05) is 26.0 Å². The molecule has 1 saturated carbocycles. The molecular formula is C16H22N2O. The Hall–Kier alpha value is -1.35. The van der Waals surface area contributed by atoms with E-state index in [1.807, 2.05) is 0 Å². The molecule has 1 aliphatic carbocycles. The van der Waals surface area contributed by atoms with Gasteiger partial charge >= 0.3 is 0 Å². The predicted octanol–water partition coefficient (Wildman–Crippen LogP) is 2.28. The van der Waals surface area contributed by atoms with Crippen LogP contribution >= 0.6 is 0 Å². The molecule has 1 aliphatic heterocycles. The second-order valence-corrected chi connectivity index (χ2v) is 5.83. The third-order valence-corrected chi connectivity index (χ3v) is 4.44. The molecule has 1 aromatic rings. The molecule has 3 heteroatoms. The molecule has 0 bridgehead atoms. The van der Waals surface area contributed by atoms with Crippen LogP contribution in [0.1, 0.15) is 47.8 Å². The molecule has 0 saturated heterocycles. The lowest BCUT2D eigenvalue weighted by Gasteiger charge is -2.22. The molecule has 1 aromatic carbocycles. The largest absolute Gasteiger partial charge is 0.352 e. The van der Waals surface area contributed by atoms with Gasteiger partial charge in [0, 0.05) is 18.2 Å². The number of nitrogens with one attached hydrogen (secondary N) is 2. The minimum atomic E-state index is 0.0854. The Morgan fingerprint density at radius 1 is 1.47 bits per heavy atom. The summed E-state index contributed by atoms with van der Waals surface area (Å²) in [5.74, 6) is 1.61. The molecule has 2 aliphatic rings. The van der Waals surface area contributed by atoms with Gasteiger partial charge in [-0.15, -0.1) is 0 Å². The average Bonchev–Trinajstić information content (AvgIpc) is 3.13. The van der Waals surface area contributed by atoms with Crippen LogP contribution in [0.5, 0.6) is 0 Å². The highest BCUT2D eigenvalue weighted by Crippen LogP contribution is 2.47. The summed E-state index contributed by atoms with van der Waals surface area (Å²) in [7, 11) is 0. The Kier molecular flexibility index (Phi) is 3.31. The maximum Gasteiger partial charge on any atom is 0.251 e. The van der Waals surface area contributed by atoms with Crippen LogP contribution in [0.2, 0.25) is 0 Å². The Labute approximate surface area is 114 Å². The number of carbonyl (C=O) groups is 1. The van der Waals surface area contributed by atoms with E-state index in [-0.39, 0.29) is 5.91 Å². The molecule has 0 aromatic heterocycles. The maximum absolute atomic E-state index is 11.9. The zero-order valence-electron chi connectivity index (χ0n) is 11.7. The van der Waals surface area contributed by atoms with E-state index in [0.29, 0.717) is 6.04 Å². The first-order chi connectivity index (χ1) is 9.20. The molecule has 1 heterocycles. The van der Waals surface area contributed by atoms with Crippen LogP contribution in [-0.2, 0) is 6.42 Å². The van der Waals surface area contributed by atoms with Gasteiger partial charge in [0.05, 0.1) is 0 Å². The summed E-state index contributed by atoms with van der Waals surface area (Å²) in [6.07, 6.45) is 2.24. The first-order valence-electron chi connectivity index (χ1n) is 7.35.